The number of alkyl halides is 3. The normalized spacial score (nSPS) is 11.9. The van der Waals surface area contributed by atoms with Crippen LogP contribution in [0.15, 0.2) is 61.4 Å². The summed E-state index contributed by atoms with van der Waals surface area (Å²) in [4.78, 5) is 27.6. The lowest BCUT2D eigenvalue weighted by atomic mass is 10.1. The average Bonchev–Trinajstić information content (AvgIpc) is 3.46. The van der Waals surface area contributed by atoms with Crippen molar-refractivity contribution in [2.75, 3.05) is 10.6 Å². The highest BCUT2D eigenvalue weighted by Crippen LogP contribution is 2.30. The van der Waals surface area contributed by atoms with E-state index in [-0.39, 0.29) is 18.1 Å². The van der Waals surface area contributed by atoms with Crippen LogP contribution >= 0.6 is 0 Å². The highest BCUT2D eigenvalue weighted by molar-refractivity contribution is 6.06. The van der Waals surface area contributed by atoms with E-state index in [1.54, 1.807) is 36.2 Å². The lowest BCUT2D eigenvalue weighted by Crippen LogP contribution is -2.31. The molecule has 0 fully saturated rings. The number of nitrogens with zero attached hydrogens (tertiary/aromatic N) is 7. The fraction of sp³-hybridized carbons (Fsp3) is 0.136. The fourth-order valence-electron chi connectivity index (χ4n) is 3.65. The number of aromatic nitrogens is 6. The van der Waals surface area contributed by atoms with Gasteiger partial charge in [0.15, 0.2) is 0 Å². The number of hydrogen-bond donors (Lipinski definition) is 1. The van der Waals surface area contributed by atoms with Gasteiger partial charge in [-0.3, -0.25) is 18.8 Å². The molecule has 34 heavy (non-hydrogen) atoms. The van der Waals surface area contributed by atoms with Crippen molar-refractivity contribution in [3.63, 3.8) is 0 Å². The largest absolute Gasteiger partial charge is 0.416 e. The summed E-state index contributed by atoms with van der Waals surface area (Å²) < 4.78 is 42.0. The van der Waals surface area contributed by atoms with Gasteiger partial charge in [-0.25, -0.2) is 15.0 Å². The van der Waals surface area contributed by atoms with E-state index in [1.165, 1.54) is 34.1 Å². The van der Waals surface area contributed by atoms with Crippen molar-refractivity contribution in [2.24, 2.45) is 7.05 Å². The first-order valence-electron chi connectivity index (χ1n) is 10.0. The Morgan fingerprint density at radius 2 is 1.88 bits per heavy atom. The summed E-state index contributed by atoms with van der Waals surface area (Å²) in [5.74, 6) is -0.176. The molecule has 0 atom stereocenters. The van der Waals surface area contributed by atoms with Crippen molar-refractivity contribution >= 4 is 34.0 Å². The van der Waals surface area contributed by atoms with Gasteiger partial charge in [-0.1, -0.05) is 12.1 Å². The van der Waals surface area contributed by atoms with Crippen LogP contribution in [0.3, 0.4) is 0 Å². The summed E-state index contributed by atoms with van der Waals surface area (Å²) >= 11 is 0. The smallest absolute Gasteiger partial charge is 0.382 e. The minimum absolute atomic E-state index is 0.0167. The van der Waals surface area contributed by atoms with Crippen LogP contribution < -0.4 is 10.6 Å². The Balaban J connectivity index is 1.54. The molecule has 0 aliphatic rings. The summed E-state index contributed by atoms with van der Waals surface area (Å²) in [5.41, 5.74) is 7.95. The van der Waals surface area contributed by atoms with E-state index in [2.05, 4.69) is 20.1 Å². The Bertz CT molecular complexity index is 1520. The third-order valence-corrected chi connectivity index (χ3v) is 5.35. The van der Waals surface area contributed by atoms with Gasteiger partial charge >= 0.3 is 6.18 Å². The van der Waals surface area contributed by atoms with E-state index in [0.29, 0.717) is 27.8 Å². The van der Waals surface area contributed by atoms with E-state index >= 15 is 0 Å². The first kappa shape index (κ1) is 21.4. The maximum Gasteiger partial charge on any atom is 0.416 e. The SMILES string of the molecule is Cn1cc(N(Cc2ccc(C(F)(F)F)cc2)C(=O)c2cc3c(cn2)nc(N)c2cncn23)cn1. The predicted octanol–water partition coefficient (Wildman–Crippen LogP) is 3.46. The van der Waals surface area contributed by atoms with Crippen molar-refractivity contribution in [3.05, 3.63) is 78.3 Å². The summed E-state index contributed by atoms with van der Waals surface area (Å²) in [6, 6.07) is 6.24. The summed E-state index contributed by atoms with van der Waals surface area (Å²) in [5, 5.41) is 4.11. The van der Waals surface area contributed by atoms with Crippen LogP contribution in [0, 0.1) is 0 Å². The second-order valence-corrected chi connectivity index (χ2v) is 7.66. The number of nitrogen functional groups attached to an aromatic ring is 1. The van der Waals surface area contributed by atoms with E-state index in [9.17, 15) is 18.0 Å². The van der Waals surface area contributed by atoms with Crippen LogP contribution in [0.1, 0.15) is 21.6 Å². The van der Waals surface area contributed by atoms with Crippen molar-refractivity contribution in [1.82, 2.24) is 29.1 Å². The van der Waals surface area contributed by atoms with E-state index in [4.69, 9.17) is 5.73 Å². The van der Waals surface area contributed by atoms with Crippen LogP contribution in [-0.2, 0) is 19.8 Å². The maximum absolute atomic E-state index is 13.5. The summed E-state index contributed by atoms with van der Waals surface area (Å²) in [6.07, 6.45) is 3.26. The topological polar surface area (TPSA) is 107 Å². The highest BCUT2D eigenvalue weighted by atomic mass is 19.4. The van der Waals surface area contributed by atoms with Crippen LogP contribution in [0.25, 0.3) is 16.6 Å². The van der Waals surface area contributed by atoms with Crippen LogP contribution in [0.2, 0.25) is 0 Å². The maximum atomic E-state index is 13.5. The van der Waals surface area contributed by atoms with E-state index in [1.807, 2.05) is 0 Å². The molecule has 4 heterocycles. The molecule has 0 unspecified atom stereocenters. The van der Waals surface area contributed by atoms with E-state index < -0.39 is 17.6 Å². The van der Waals surface area contributed by atoms with Gasteiger partial charge in [-0.2, -0.15) is 18.3 Å². The number of anilines is 2. The van der Waals surface area contributed by atoms with Crippen molar-refractivity contribution < 1.29 is 18.0 Å². The number of pyridine rings is 1. The number of carbonyl (C=O) groups is 1. The minimum atomic E-state index is -4.44. The molecule has 9 nitrogen and oxygen atoms in total. The standard InChI is InChI=1S/C22H17F3N8O/c1-31-11-15(7-29-31)32(10-13-2-4-14(5-3-13)22(23,24)25)21(34)16-6-18-17(8-28-16)30-20(26)19-9-27-12-33(18)19/h2-9,11-12H,10H2,1H3,(H2,26,30). The second-order valence-electron chi connectivity index (χ2n) is 7.66. The van der Waals surface area contributed by atoms with Crippen LogP contribution in [0.5, 0.6) is 0 Å². The molecule has 1 aromatic carbocycles. The first-order chi connectivity index (χ1) is 16.2. The van der Waals surface area contributed by atoms with Crippen LogP contribution in [-0.4, -0.2) is 35.0 Å². The van der Waals surface area contributed by atoms with Gasteiger partial charge in [0.1, 0.15) is 22.5 Å². The van der Waals surface area contributed by atoms with Gasteiger partial charge in [0, 0.05) is 13.2 Å². The zero-order chi connectivity index (χ0) is 24.0. The van der Waals surface area contributed by atoms with Crippen molar-refractivity contribution in [3.8, 4) is 0 Å². The lowest BCUT2D eigenvalue weighted by Gasteiger charge is -2.21. The molecule has 172 valence electrons. The van der Waals surface area contributed by atoms with Crippen molar-refractivity contribution in [2.45, 2.75) is 12.7 Å². The number of benzene rings is 1. The van der Waals surface area contributed by atoms with Gasteiger partial charge in [0.2, 0.25) is 0 Å². The molecule has 0 radical (unpaired) electrons. The molecular formula is C22H17F3N8O. The zero-order valence-electron chi connectivity index (χ0n) is 17.7. The molecule has 12 heteroatoms. The molecular weight excluding hydrogens is 449 g/mol. The van der Waals surface area contributed by atoms with Gasteiger partial charge in [-0.15, -0.1) is 0 Å². The quantitative estimate of drug-likeness (QED) is 0.435. The Labute approximate surface area is 190 Å². The number of aryl methyl sites for hydroxylation is 1. The number of rotatable bonds is 4. The Hall–Kier alpha value is -4.48. The summed E-state index contributed by atoms with van der Waals surface area (Å²) in [6.45, 7) is 0.0167. The van der Waals surface area contributed by atoms with E-state index in [0.717, 1.165) is 12.1 Å². The molecule has 5 rings (SSSR count). The average molecular weight is 466 g/mol. The molecule has 0 aliphatic carbocycles. The van der Waals surface area contributed by atoms with Crippen LogP contribution in [0.4, 0.5) is 24.7 Å². The molecule has 0 aliphatic heterocycles. The predicted molar refractivity (Wildman–Crippen MR) is 118 cm³/mol. The molecule has 1 amide bonds. The second kappa shape index (κ2) is 7.83. The third kappa shape index (κ3) is 3.78. The number of fused-ring (bicyclic) bond motifs is 3. The zero-order valence-corrected chi connectivity index (χ0v) is 17.7. The lowest BCUT2D eigenvalue weighted by molar-refractivity contribution is -0.137. The Morgan fingerprint density at radius 1 is 1.12 bits per heavy atom. The van der Waals surface area contributed by atoms with Gasteiger partial charge in [-0.05, 0) is 23.8 Å². The monoisotopic (exact) mass is 466 g/mol. The number of halogens is 3. The van der Waals surface area contributed by atoms with Gasteiger partial charge in [0.25, 0.3) is 5.91 Å². The molecule has 2 N–H and O–H groups in total. The van der Waals surface area contributed by atoms with Gasteiger partial charge < -0.3 is 5.73 Å². The fourth-order valence-corrected chi connectivity index (χ4v) is 3.65. The Kier molecular flexibility index (Phi) is 4.92. The number of imidazole rings is 1. The first-order valence-corrected chi connectivity index (χ1v) is 10.0. The molecule has 4 aromatic heterocycles. The van der Waals surface area contributed by atoms with Crippen molar-refractivity contribution in [1.29, 1.82) is 0 Å². The molecule has 0 saturated heterocycles. The summed E-state index contributed by atoms with van der Waals surface area (Å²) in [7, 11) is 1.70. The number of amides is 1. The molecule has 5 aromatic rings. The minimum Gasteiger partial charge on any atom is -0.382 e. The Morgan fingerprint density at radius 3 is 2.56 bits per heavy atom. The molecule has 0 spiro atoms. The van der Waals surface area contributed by atoms with Gasteiger partial charge in [0.05, 0.1) is 48.2 Å². The molecule has 0 bridgehead atoms. The highest BCUT2D eigenvalue weighted by Gasteiger charge is 2.30. The number of hydrogen-bond acceptors (Lipinski definition) is 6. The molecule has 0 saturated carbocycles. The third-order valence-electron chi connectivity index (χ3n) is 5.35. The number of carbonyl (C=O) groups excluding carboxylic acids is 1. The number of nitrogens with two attached hydrogens (primary N) is 1.